The molecule has 0 spiro atoms. The average molecular weight is 272 g/mol. The second-order valence-corrected chi connectivity index (χ2v) is 4.37. The predicted octanol–water partition coefficient (Wildman–Crippen LogP) is -1.05. The zero-order chi connectivity index (χ0) is 14.4. The Bertz CT molecular complexity index is 385. The monoisotopic (exact) mass is 272 g/mol. The topological polar surface area (TPSA) is 133 Å². The highest BCUT2D eigenvalue weighted by Gasteiger charge is 2.28. The zero-order valence-corrected chi connectivity index (χ0v) is 10.2. The van der Waals surface area contributed by atoms with Crippen molar-refractivity contribution in [2.45, 2.75) is 31.7 Å². The van der Waals surface area contributed by atoms with Gasteiger partial charge in [-0.15, -0.1) is 0 Å². The molecule has 0 aromatic carbocycles. The van der Waals surface area contributed by atoms with Crippen molar-refractivity contribution in [1.82, 2.24) is 10.6 Å². The standard InChI is InChI=1S/C11H16N2O6/c14-8-3-1-6(5-12-8)10(17)13-7(11(18)19)2-4-9(15)16/h6-7H,1-5H2,(H,12,14)(H,13,17)(H,15,16)(H,18,19). The first-order valence-corrected chi connectivity index (χ1v) is 5.92. The maximum Gasteiger partial charge on any atom is 0.326 e. The number of carboxylic acids is 2. The number of hydrogen-bond donors (Lipinski definition) is 4. The van der Waals surface area contributed by atoms with Crippen LogP contribution in [-0.2, 0) is 19.2 Å². The molecule has 1 rings (SSSR count). The minimum Gasteiger partial charge on any atom is -0.481 e. The lowest BCUT2D eigenvalue weighted by Gasteiger charge is -2.23. The Labute approximate surface area is 109 Å². The van der Waals surface area contributed by atoms with Crippen LogP contribution < -0.4 is 10.6 Å². The number of carboxylic acid groups (broad SMARTS) is 2. The second-order valence-electron chi connectivity index (χ2n) is 4.37. The summed E-state index contributed by atoms with van der Waals surface area (Å²) < 4.78 is 0. The summed E-state index contributed by atoms with van der Waals surface area (Å²) in [7, 11) is 0. The third-order valence-electron chi connectivity index (χ3n) is 2.90. The molecule has 1 aliphatic rings. The van der Waals surface area contributed by atoms with Crippen molar-refractivity contribution in [2.75, 3.05) is 6.54 Å². The Morgan fingerprint density at radius 3 is 2.53 bits per heavy atom. The lowest BCUT2D eigenvalue weighted by atomic mass is 9.97. The molecular weight excluding hydrogens is 256 g/mol. The van der Waals surface area contributed by atoms with Crippen LogP contribution in [0, 0.1) is 5.92 Å². The molecular formula is C11H16N2O6. The molecule has 0 aromatic rings. The van der Waals surface area contributed by atoms with Crippen LogP contribution in [0.1, 0.15) is 25.7 Å². The number of hydrogen-bond acceptors (Lipinski definition) is 4. The van der Waals surface area contributed by atoms with Crippen molar-refractivity contribution in [3.05, 3.63) is 0 Å². The summed E-state index contributed by atoms with van der Waals surface area (Å²) in [5.41, 5.74) is 0. The molecule has 0 radical (unpaired) electrons. The van der Waals surface area contributed by atoms with E-state index in [0.717, 1.165) is 0 Å². The number of carbonyl (C=O) groups excluding carboxylic acids is 2. The molecule has 19 heavy (non-hydrogen) atoms. The van der Waals surface area contributed by atoms with Gasteiger partial charge < -0.3 is 20.8 Å². The summed E-state index contributed by atoms with van der Waals surface area (Å²) in [5.74, 6) is -3.47. The molecule has 1 saturated heterocycles. The van der Waals surface area contributed by atoms with Gasteiger partial charge in [-0.2, -0.15) is 0 Å². The fourth-order valence-electron chi connectivity index (χ4n) is 1.77. The summed E-state index contributed by atoms with van der Waals surface area (Å²) >= 11 is 0. The van der Waals surface area contributed by atoms with E-state index in [1.807, 2.05) is 0 Å². The van der Waals surface area contributed by atoms with Crippen LogP contribution in [0.25, 0.3) is 0 Å². The third-order valence-corrected chi connectivity index (χ3v) is 2.90. The van der Waals surface area contributed by atoms with Gasteiger partial charge in [-0.05, 0) is 12.8 Å². The van der Waals surface area contributed by atoms with Gasteiger partial charge in [0, 0.05) is 19.4 Å². The van der Waals surface area contributed by atoms with Crippen molar-refractivity contribution in [2.24, 2.45) is 5.92 Å². The fraction of sp³-hybridized carbons (Fsp3) is 0.636. The van der Waals surface area contributed by atoms with Crippen molar-refractivity contribution in [3.8, 4) is 0 Å². The molecule has 0 aromatic heterocycles. The first-order valence-electron chi connectivity index (χ1n) is 5.92. The molecule has 2 atom stereocenters. The maximum absolute atomic E-state index is 11.8. The number of amides is 2. The third kappa shape index (κ3) is 4.94. The van der Waals surface area contributed by atoms with E-state index in [0.29, 0.717) is 6.42 Å². The van der Waals surface area contributed by atoms with E-state index in [1.165, 1.54) is 0 Å². The van der Waals surface area contributed by atoms with Gasteiger partial charge in [0.15, 0.2) is 0 Å². The van der Waals surface area contributed by atoms with Crippen molar-refractivity contribution in [1.29, 1.82) is 0 Å². The van der Waals surface area contributed by atoms with Crippen LogP contribution in [0.15, 0.2) is 0 Å². The lowest BCUT2D eigenvalue weighted by Crippen LogP contribution is -2.48. The summed E-state index contributed by atoms with van der Waals surface area (Å²) in [4.78, 5) is 44.0. The van der Waals surface area contributed by atoms with Gasteiger partial charge in [0.2, 0.25) is 11.8 Å². The Kier molecular flexibility index (Phi) is 5.28. The summed E-state index contributed by atoms with van der Waals surface area (Å²) in [6, 6.07) is -1.22. The highest BCUT2D eigenvalue weighted by molar-refractivity contribution is 5.87. The molecule has 0 aliphatic carbocycles. The van der Waals surface area contributed by atoms with Gasteiger partial charge in [-0.25, -0.2) is 4.79 Å². The Balaban J connectivity index is 2.49. The van der Waals surface area contributed by atoms with Crippen LogP contribution in [0.5, 0.6) is 0 Å². The van der Waals surface area contributed by atoms with Gasteiger partial charge >= 0.3 is 11.9 Å². The number of aliphatic carboxylic acids is 2. The molecule has 1 aliphatic heterocycles. The second kappa shape index (κ2) is 6.72. The van der Waals surface area contributed by atoms with Gasteiger partial charge in [-0.1, -0.05) is 0 Å². The van der Waals surface area contributed by atoms with Crippen molar-refractivity contribution >= 4 is 23.8 Å². The van der Waals surface area contributed by atoms with E-state index in [4.69, 9.17) is 10.2 Å². The Hall–Kier alpha value is -2.12. The first-order chi connectivity index (χ1) is 8.90. The van der Waals surface area contributed by atoms with Crippen molar-refractivity contribution < 1.29 is 29.4 Å². The van der Waals surface area contributed by atoms with Crippen LogP contribution in [0.4, 0.5) is 0 Å². The summed E-state index contributed by atoms with van der Waals surface area (Å²) in [6.45, 7) is 0.177. The lowest BCUT2D eigenvalue weighted by molar-refractivity contribution is -0.144. The van der Waals surface area contributed by atoms with E-state index < -0.39 is 29.8 Å². The Morgan fingerprint density at radius 2 is 2.05 bits per heavy atom. The van der Waals surface area contributed by atoms with E-state index in [-0.39, 0.29) is 31.7 Å². The number of piperidine rings is 1. The zero-order valence-electron chi connectivity index (χ0n) is 10.2. The van der Waals surface area contributed by atoms with E-state index in [9.17, 15) is 19.2 Å². The molecule has 0 bridgehead atoms. The molecule has 1 fully saturated rings. The largest absolute Gasteiger partial charge is 0.481 e. The normalized spacial score (nSPS) is 20.2. The molecule has 2 unspecified atom stereocenters. The fourth-order valence-corrected chi connectivity index (χ4v) is 1.77. The first kappa shape index (κ1) is 14.9. The summed E-state index contributed by atoms with van der Waals surface area (Å²) in [5, 5.41) is 22.2. The average Bonchev–Trinajstić information content (AvgIpc) is 2.34. The van der Waals surface area contributed by atoms with Crippen LogP contribution >= 0.6 is 0 Å². The SMILES string of the molecule is O=C(O)CCC(NC(=O)C1CCC(=O)NC1)C(=O)O. The Morgan fingerprint density at radius 1 is 1.37 bits per heavy atom. The molecule has 8 heteroatoms. The molecule has 4 N–H and O–H groups in total. The minimum atomic E-state index is -1.27. The van der Waals surface area contributed by atoms with Crippen LogP contribution in [0.3, 0.4) is 0 Å². The minimum absolute atomic E-state index is 0.135. The predicted molar refractivity (Wildman–Crippen MR) is 62.2 cm³/mol. The van der Waals surface area contributed by atoms with Gasteiger partial charge in [0.05, 0.1) is 5.92 Å². The summed E-state index contributed by atoms with van der Waals surface area (Å²) in [6.07, 6.45) is 0.0853. The van der Waals surface area contributed by atoms with Crippen molar-refractivity contribution in [3.63, 3.8) is 0 Å². The van der Waals surface area contributed by atoms with Gasteiger partial charge in [0.1, 0.15) is 6.04 Å². The number of carbonyl (C=O) groups is 4. The molecule has 106 valence electrons. The van der Waals surface area contributed by atoms with E-state index in [1.54, 1.807) is 0 Å². The molecule has 1 heterocycles. The van der Waals surface area contributed by atoms with Gasteiger partial charge in [0.25, 0.3) is 0 Å². The molecule has 0 saturated carbocycles. The molecule has 8 nitrogen and oxygen atoms in total. The molecule has 2 amide bonds. The number of rotatable bonds is 6. The van der Waals surface area contributed by atoms with Crippen LogP contribution in [-0.4, -0.2) is 46.6 Å². The van der Waals surface area contributed by atoms with Gasteiger partial charge in [-0.3, -0.25) is 14.4 Å². The quantitative estimate of drug-likeness (QED) is 0.487. The van der Waals surface area contributed by atoms with Crippen LogP contribution in [0.2, 0.25) is 0 Å². The highest BCUT2D eigenvalue weighted by atomic mass is 16.4. The number of nitrogens with one attached hydrogen (secondary N) is 2. The highest BCUT2D eigenvalue weighted by Crippen LogP contribution is 2.11. The maximum atomic E-state index is 11.8. The van der Waals surface area contributed by atoms with E-state index in [2.05, 4.69) is 10.6 Å². The van der Waals surface area contributed by atoms with E-state index >= 15 is 0 Å². The smallest absolute Gasteiger partial charge is 0.326 e.